The van der Waals surface area contributed by atoms with E-state index in [0.29, 0.717) is 31.4 Å². The summed E-state index contributed by atoms with van der Waals surface area (Å²) in [5.74, 6) is 0.472. The highest BCUT2D eigenvalue weighted by atomic mass is 16.2. The minimum absolute atomic E-state index is 0.0795. The van der Waals surface area contributed by atoms with E-state index in [0.717, 1.165) is 18.5 Å². The lowest BCUT2D eigenvalue weighted by molar-refractivity contribution is -0.129. The first-order valence-electron chi connectivity index (χ1n) is 7.58. The van der Waals surface area contributed by atoms with E-state index in [-0.39, 0.29) is 17.7 Å². The van der Waals surface area contributed by atoms with Gasteiger partial charge in [-0.25, -0.2) is 0 Å². The first kappa shape index (κ1) is 13.2. The molecule has 0 spiro atoms. The molecule has 1 saturated carbocycles. The molecular weight excluding hydrogens is 282 g/mol. The molecule has 3 heterocycles. The number of fused-ring (bicyclic) bond motifs is 1. The van der Waals surface area contributed by atoms with Gasteiger partial charge in [0.05, 0.1) is 12.5 Å². The quantitative estimate of drug-likeness (QED) is 0.884. The summed E-state index contributed by atoms with van der Waals surface area (Å²) in [7, 11) is 0. The maximum absolute atomic E-state index is 12.3. The molecule has 2 amide bonds. The monoisotopic (exact) mass is 299 g/mol. The molecule has 114 valence electrons. The molecule has 0 radical (unpaired) electrons. The molecule has 2 aliphatic rings. The standard InChI is InChI=1S/C15H17N5O2/c21-14-7-10(9-20(14)11-4-5-11)15(22)16-8-13-18-17-12-3-1-2-6-19(12)13/h1-3,6,10-11H,4-5,7-9H2,(H,16,22)/t10-/m1/s1. The van der Waals surface area contributed by atoms with Gasteiger partial charge in [-0.05, 0) is 25.0 Å². The van der Waals surface area contributed by atoms with Crippen LogP contribution in [0.1, 0.15) is 25.1 Å². The lowest BCUT2D eigenvalue weighted by Gasteiger charge is -2.15. The smallest absolute Gasteiger partial charge is 0.225 e. The predicted molar refractivity (Wildman–Crippen MR) is 77.7 cm³/mol. The zero-order valence-electron chi connectivity index (χ0n) is 12.1. The van der Waals surface area contributed by atoms with Crippen molar-refractivity contribution in [3.8, 4) is 0 Å². The van der Waals surface area contributed by atoms with E-state index in [1.54, 1.807) is 0 Å². The summed E-state index contributed by atoms with van der Waals surface area (Å²) in [6.45, 7) is 0.869. The minimum Gasteiger partial charge on any atom is -0.348 e. The van der Waals surface area contributed by atoms with Crippen molar-refractivity contribution in [2.24, 2.45) is 5.92 Å². The van der Waals surface area contributed by atoms with Crippen molar-refractivity contribution < 1.29 is 9.59 Å². The van der Waals surface area contributed by atoms with Gasteiger partial charge in [-0.1, -0.05) is 6.07 Å². The van der Waals surface area contributed by atoms with Gasteiger partial charge < -0.3 is 10.2 Å². The normalized spacial score (nSPS) is 21.5. The molecular formula is C15H17N5O2. The van der Waals surface area contributed by atoms with Gasteiger partial charge in [0, 0.05) is 25.2 Å². The summed E-state index contributed by atoms with van der Waals surface area (Å²) < 4.78 is 1.84. The largest absolute Gasteiger partial charge is 0.348 e. The molecule has 7 heteroatoms. The van der Waals surface area contributed by atoms with Crippen molar-refractivity contribution in [2.75, 3.05) is 6.54 Å². The van der Waals surface area contributed by atoms with E-state index in [1.165, 1.54) is 0 Å². The Hall–Kier alpha value is -2.44. The van der Waals surface area contributed by atoms with Crippen molar-refractivity contribution in [2.45, 2.75) is 31.8 Å². The molecule has 1 aliphatic heterocycles. The molecule has 0 unspecified atom stereocenters. The first-order chi connectivity index (χ1) is 10.7. The Morgan fingerprint density at radius 3 is 3.00 bits per heavy atom. The fourth-order valence-corrected chi connectivity index (χ4v) is 2.97. The zero-order chi connectivity index (χ0) is 15.1. The van der Waals surface area contributed by atoms with Crippen LogP contribution in [-0.4, -0.2) is 43.9 Å². The van der Waals surface area contributed by atoms with Crippen LogP contribution in [0.2, 0.25) is 0 Å². The molecule has 0 bridgehead atoms. The van der Waals surface area contributed by atoms with E-state index < -0.39 is 0 Å². The zero-order valence-corrected chi connectivity index (χ0v) is 12.1. The summed E-state index contributed by atoms with van der Waals surface area (Å²) in [4.78, 5) is 26.0. The Bertz CT molecular complexity index is 736. The van der Waals surface area contributed by atoms with Crippen molar-refractivity contribution in [1.29, 1.82) is 0 Å². The van der Waals surface area contributed by atoms with Crippen LogP contribution >= 0.6 is 0 Å². The molecule has 1 saturated heterocycles. The second-order valence-corrected chi connectivity index (χ2v) is 5.94. The Labute approximate surface area is 127 Å². The third kappa shape index (κ3) is 2.32. The fourth-order valence-electron chi connectivity index (χ4n) is 2.97. The van der Waals surface area contributed by atoms with E-state index in [4.69, 9.17) is 0 Å². The van der Waals surface area contributed by atoms with Crippen molar-refractivity contribution >= 4 is 17.5 Å². The van der Waals surface area contributed by atoms with Gasteiger partial charge in [-0.3, -0.25) is 14.0 Å². The van der Waals surface area contributed by atoms with E-state index in [2.05, 4.69) is 15.5 Å². The molecule has 2 aromatic rings. The topological polar surface area (TPSA) is 79.6 Å². The number of pyridine rings is 1. The highest BCUT2D eigenvalue weighted by molar-refractivity contribution is 5.89. The predicted octanol–water partition coefficient (Wildman–Crippen LogP) is 0.356. The van der Waals surface area contributed by atoms with Crippen molar-refractivity contribution in [3.63, 3.8) is 0 Å². The molecule has 2 fully saturated rings. The Morgan fingerprint density at radius 1 is 1.32 bits per heavy atom. The van der Waals surface area contributed by atoms with E-state index >= 15 is 0 Å². The van der Waals surface area contributed by atoms with E-state index in [1.807, 2.05) is 33.7 Å². The summed E-state index contributed by atoms with van der Waals surface area (Å²) in [5, 5.41) is 11.0. The van der Waals surface area contributed by atoms with Crippen LogP contribution in [0.4, 0.5) is 0 Å². The van der Waals surface area contributed by atoms with Gasteiger partial charge in [0.2, 0.25) is 11.8 Å². The molecule has 7 nitrogen and oxygen atoms in total. The number of hydrogen-bond acceptors (Lipinski definition) is 4. The minimum atomic E-state index is -0.243. The first-order valence-corrected chi connectivity index (χ1v) is 7.58. The number of nitrogens with zero attached hydrogens (tertiary/aromatic N) is 4. The van der Waals surface area contributed by atoms with Gasteiger partial charge in [0.1, 0.15) is 0 Å². The summed E-state index contributed by atoms with van der Waals surface area (Å²) in [6.07, 6.45) is 4.34. The van der Waals surface area contributed by atoms with E-state index in [9.17, 15) is 9.59 Å². The second-order valence-electron chi connectivity index (χ2n) is 5.94. The number of aromatic nitrogens is 3. The Kier molecular flexibility index (Phi) is 3.06. The number of nitrogens with one attached hydrogen (secondary N) is 1. The van der Waals surface area contributed by atoms with Crippen molar-refractivity contribution in [3.05, 3.63) is 30.2 Å². The third-order valence-corrected chi connectivity index (χ3v) is 4.32. The second kappa shape index (κ2) is 5.08. The molecule has 1 atom stereocenters. The van der Waals surface area contributed by atoms with Crippen LogP contribution < -0.4 is 5.32 Å². The number of rotatable bonds is 4. The van der Waals surface area contributed by atoms with Crippen LogP contribution in [0.25, 0.3) is 5.65 Å². The van der Waals surface area contributed by atoms with Crippen LogP contribution in [0.5, 0.6) is 0 Å². The average molecular weight is 299 g/mol. The SMILES string of the molecule is O=C(NCc1nnc2ccccn12)[C@@H]1CC(=O)N(C2CC2)C1. The summed E-state index contributed by atoms with van der Waals surface area (Å²) in [6, 6.07) is 6.03. The number of hydrogen-bond donors (Lipinski definition) is 1. The maximum atomic E-state index is 12.3. The molecule has 22 heavy (non-hydrogen) atoms. The van der Waals surface area contributed by atoms with Crippen molar-refractivity contribution in [1.82, 2.24) is 24.8 Å². The summed E-state index contributed by atoms with van der Waals surface area (Å²) >= 11 is 0. The average Bonchev–Trinajstić information content (AvgIpc) is 3.17. The number of likely N-dealkylation sites (tertiary alicyclic amines) is 1. The van der Waals surface area contributed by atoms with Gasteiger partial charge in [0.25, 0.3) is 0 Å². The number of carbonyl (C=O) groups excluding carboxylic acids is 2. The maximum Gasteiger partial charge on any atom is 0.225 e. The number of amides is 2. The van der Waals surface area contributed by atoms with Crippen LogP contribution in [0, 0.1) is 5.92 Å². The van der Waals surface area contributed by atoms with Crippen LogP contribution in [-0.2, 0) is 16.1 Å². The molecule has 1 N–H and O–H groups in total. The van der Waals surface area contributed by atoms with Crippen LogP contribution in [0.3, 0.4) is 0 Å². The molecule has 2 aromatic heterocycles. The van der Waals surface area contributed by atoms with Gasteiger partial charge >= 0.3 is 0 Å². The third-order valence-electron chi connectivity index (χ3n) is 4.32. The van der Waals surface area contributed by atoms with Gasteiger partial charge in [0.15, 0.2) is 11.5 Å². The molecule has 1 aliphatic carbocycles. The lowest BCUT2D eigenvalue weighted by atomic mass is 10.1. The molecule has 0 aromatic carbocycles. The Morgan fingerprint density at radius 2 is 2.18 bits per heavy atom. The Balaban J connectivity index is 1.39. The highest BCUT2D eigenvalue weighted by Gasteiger charge is 2.41. The molecule has 4 rings (SSSR count). The van der Waals surface area contributed by atoms with Crippen LogP contribution in [0.15, 0.2) is 24.4 Å². The van der Waals surface area contributed by atoms with Gasteiger partial charge in [-0.15, -0.1) is 10.2 Å². The highest BCUT2D eigenvalue weighted by Crippen LogP contribution is 2.32. The fraction of sp³-hybridized carbons (Fsp3) is 0.467. The summed E-state index contributed by atoms with van der Waals surface area (Å²) in [5.41, 5.74) is 0.753. The number of carbonyl (C=O) groups is 2. The lowest BCUT2D eigenvalue weighted by Crippen LogP contribution is -2.33. The van der Waals surface area contributed by atoms with Gasteiger partial charge in [-0.2, -0.15) is 0 Å².